The van der Waals surface area contributed by atoms with Crippen molar-refractivity contribution in [3.63, 3.8) is 0 Å². The Labute approximate surface area is 174 Å². The predicted octanol–water partition coefficient (Wildman–Crippen LogP) is 2.22. The maximum atomic E-state index is 15.0. The van der Waals surface area contributed by atoms with Crippen LogP contribution in [0.1, 0.15) is 17.3 Å². The highest BCUT2D eigenvalue weighted by Gasteiger charge is 2.26. The number of pyridine rings is 1. The number of carbonyl (C=O) groups is 1. The molecule has 2 heterocycles. The van der Waals surface area contributed by atoms with Crippen LogP contribution in [0.4, 0.5) is 18.9 Å². The average Bonchev–Trinajstić information content (AvgIpc) is 2.68. The second-order valence-electron chi connectivity index (χ2n) is 7.45. The van der Waals surface area contributed by atoms with Crippen molar-refractivity contribution in [2.45, 2.75) is 19.2 Å². The molecule has 2 unspecified atom stereocenters. The maximum Gasteiger partial charge on any atom is 0.341 e. The Hall–Kier alpha value is -3.37. The van der Waals surface area contributed by atoms with Gasteiger partial charge in [-0.05, 0) is 31.2 Å². The number of hydrogen-bond donors (Lipinski definition) is 3. The zero-order chi connectivity index (χ0) is 22.4. The molecule has 1 aromatic heterocycles. The summed E-state index contributed by atoms with van der Waals surface area (Å²) in [6.45, 7) is 2.22. The van der Waals surface area contributed by atoms with Crippen LogP contribution in [0.25, 0.3) is 16.6 Å². The third kappa shape index (κ3) is 3.75. The molecule has 1 aliphatic heterocycles. The molecule has 2 aromatic carbocycles. The average molecular weight is 433 g/mol. The van der Waals surface area contributed by atoms with Crippen molar-refractivity contribution >= 4 is 22.6 Å². The third-order valence-corrected chi connectivity index (χ3v) is 5.18. The van der Waals surface area contributed by atoms with E-state index in [9.17, 15) is 33.0 Å². The number of β-amino-alcohol motifs (C(OH)–C–C–N with tert-alkyl or cyclic N) is 1. The molecule has 1 aliphatic rings. The Morgan fingerprint density at radius 1 is 1.10 bits per heavy atom. The lowest BCUT2D eigenvalue weighted by atomic mass is 10.1. The van der Waals surface area contributed by atoms with Crippen LogP contribution in [0.5, 0.6) is 0 Å². The van der Waals surface area contributed by atoms with Gasteiger partial charge in [-0.1, -0.05) is 0 Å². The second-order valence-corrected chi connectivity index (χ2v) is 7.45. The van der Waals surface area contributed by atoms with E-state index >= 15 is 0 Å². The summed E-state index contributed by atoms with van der Waals surface area (Å²) >= 11 is 0. The lowest BCUT2D eigenvalue weighted by molar-refractivity contribution is 0.0695. The van der Waals surface area contributed by atoms with Gasteiger partial charge in [-0.2, -0.15) is 0 Å². The van der Waals surface area contributed by atoms with Gasteiger partial charge < -0.3 is 19.7 Å². The minimum Gasteiger partial charge on any atom is -0.477 e. The van der Waals surface area contributed by atoms with Gasteiger partial charge in [-0.3, -0.25) is 10.1 Å². The highest BCUT2D eigenvalue weighted by atomic mass is 19.1. The fraction of sp³-hybridized carbons (Fsp3) is 0.238. The third-order valence-electron chi connectivity index (χ3n) is 5.18. The number of nitrogens with one attached hydrogen (secondary N) is 1. The minimum atomic E-state index is -1.56. The summed E-state index contributed by atoms with van der Waals surface area (Å²) in [4.78, 5) is 25.8. The summed E-state index contributed by atoms with van der Waals surface area (Å²) in [6, 6.07) is 4.74. The molecule has 0 aliphatic carbocycles. The van der Waals surface area contributed by atoms with Gasteiger partial charge in [0, 0.05) is 30.2 Å². The number of anilines is 1. The molecule has 2 atom stereocenters. The number of aliphatic hydroxyl groups is 1. The van der Waals surface area contributed by atoms with Gasteiger partial charge in [0.15, 0.2) is 0 Å². The number of benzene rings is 2. The first-order valence-electron chi connectivity index (χ1n) is 9.42. The van der Waals surface area contributed by atoms with Gasteiger partial charge in [0.25, 0.3) is 0 Å². The quantitative estimate of drug-likeness (QED) is 0.587. The number of piperazine rings is 1. The first-order valence-corrected chi connectivity index (χ1v) is 9.42. The molecule has 0 spiro atoms. The molecule has 1 fully saturated rings. The monoisotopic (exact) mass is 433 g/mol. The summed E-state index contributed by atoms with van der Waals surface area (Å²) in [5.74, 6) is -4.18. The minimum absolute atomic E-state index is 0.0394. The number of rotatable bonds is 3. The van der Waals surface area contributed by atoms with Gasteiger partial charge in [0.2, 0.25) is 5.43 Å². The van der Waals surface area contributed by atoms with E-state index in [2.05, 4.69) is 5.32 Å². The van der Waals surface area contributed by atoms with E-state index in [0.29, 0.717) is 12.6 Å². The second kappa shape index (κ2) is 7.71. The van der Waals surface area contributed by atoms with E-state index in [-0.39, 0.29) is 34.9 Å². The topological polar surface area (TPSA) is 94.8 Å². The summed E-state index contributed by atoms with van der Waals surface area (Å²) < 4.78 is 44.0. The molecule has 3 aromatic rings. The van der Waals surface area contributed by atoms with E-state index in [1.165, 1.54) is 6.07 Å². The van der Waals surface area contributed by atoms with E-state index in [0.717, 1.165) is 29.0 Å². The van der Waals surface area contributed by atoms with Gasteiger partial charge in [0.1, 0.15) is 29.2 Å². The van der Waals surface area contributed by atoms with Crippen LogP contribution in [0.15, 0.2) is 41.3 Å². The molecule has 1 saturated heterocycles. The van der Waals surface area contributed by atoms with Crippen LogP contribution in [0.3, 0.4) is 0 Å². The molecule has 0 radical (unpaired) electrons. The Balaban J connectivity index is 2.02. The summed E-state index contributed by atoms with van der Waals surface area (Å²) in [5.41, 5.74) is -1.73. The van der Waals surface area contributed by atoms with Crippen molar-refractivity contribution in [2.75, 3.05) is 18.0 Å². The predicted molar refractivity (Wildman–Crippen MR) is 107 cm³/mol. The summed E-state index contributed by atoms with van der Waals surface area (Å²) in [5, 5.41) is 22.0. The van der Waals surface area contributed by atoms with Crippen LogP contribution in [-0.2, 0) is 0 Å². The van der Waals surface area contributed by atoms with Crippen LogP contribution in [-0.4, -0.2) is 46.1 Å². The largest absolute Gasteiger partial charge is 0.477 e. The lowest BCUT2D eigenvalue weighted by Gasteiger charge is -2.37. The van der Waals surface area contributed by atoms with Crippen LogP contribution >= 0.6 is 0 Å². The van der Waals surface area contributed by atoms with Crippen LogP contribution in [0.2, 0.25) is 0 Å². The SMILES string of the molecule is CC1CN(c2cc3c(cc2F)c(=O)c(C(=O)O)cn3-c2ccc(F)cc2F)CC(O)N1. The Morgan fingerprint density at radius 2 is 1.81 bits per heavy atom. The first-order chi connectivity index (χ1) is 14.7. The number of aromatic nitrogens is 1. The molecule has 162 valence electrons. The van der Waals surface area contributed by atoms with Gasteiger partial charge in [-0.25, -0.2) is 18.0 Å². The molecule has 0 bridgehead atoms. The van der Waals surface area contributed by atoms with E-state index in [4.69, 9.17) is 0 Å². The molecule has 7 nitrogen and oxygen atoms in total. The first kappa shape index (κ1) is 20.9. The number of halogens is 3. The van der Waals surface area contributed by atoms with Crippen molar-refractivity contribution in [3.05, 3.63) is 69.8 Å². The highest BCUT2D eigenvalue weighted by molar-refractivity contribution is 5.94. The fourth-order valence-electron chi connectivity index (χ4n) is 3.85. The molecule has 0 saturated carbocycles. The number of aliphatic hydroxyl groups excluding tert-OH is 1. The van der Waals surface area contributed by atoms with Gasteiger partial charge in [-0.15, -0.1) is 0 Å². The number of carboxylic acids is 1. The standard InChI is InChI=1S/C21H18F3N3O4/c1-10-7-26(9-19(28)25-10)18-6-17-12(5-15(18)24)20(29)13(21(30)31)8-27(17)16-3-2-11(22)4-14(16)23/h2-6,8,10,19,25,28H,7,9H2,1H3,(H,30,31). The number of aromatic carboxylic acids is 1. The number of fused-ring (bicyclic) bond motifs is 1. The maximum absolute atomic E-state index is 15.0. The fourth-order valence-corrected chi connectivity index (χ4v) is 3.85. The van der Waals surface area contributed by atoms with Crippen molar-refractivity contribution in [2.24, 2.45) is 0 Å². The molecule has 3 N–H and O–H groups in total. The zero-order valence-corrected chi connectivity index (χ0v) is 16.3. The van der Waals surface area contributed by atoms with E-state index in [1.54, 1.807) is 11.8 Å². The summed E-state index contributed by atoms with van der Waals surface area (Å²) in [6.07, 6.45) is 0.0187. The van der Waals surface area contributed by atoms with Crippen molar-refractivity contribution in [1.82, 2.24) is 9.88 Å². The van der Waals surface area contributed by atoms with E-state index in [1.807, 2.05) is 0 Å². The molecular weight excluding hydrogens is 415 g/mol. The molecule has 10 heteroatoms. The summed E-state index contributed by atoms with van der Waals surface area (Å²) in [7, 11) is 0. The molecular formula is C21H18F3N3O4. The van der Waals surface area contributed by atoms with Gasteiger partial charge >= 0.3 is 5.97 Å². The van der Waals surface area contributed by atoms with Gasteiger partial charge in [0.05, 0.1) is 23.4 Å². The Bertz CT molecular complexity index is 1250. The number of hydrogen-bond acceptors (Lipinski definition) is 5. The van der Waals surface area contributed by atoms with E-state index < -0.39 is 40.6 Å². The normalized spacial score (nSPS) is 19.1. The zero-order valence-electron chi connectivity index (χ0n) is 16.3. The molecule has 0 amide bonds. The Kier molecular flexibility index (Phi) is 5.19. The number of carboxylic acid groups (broad SMARTS) is 1. The van der Waals surface area contributed by atoms with Crippen LogP contribution in [0, 0.1) is 17.5 Å². The number of nitrogens with zero attached hydrogens (tertiary/aromatic N) is 2. The highest BCUT2D eigenvalue weighted by Crippen LogP contribution is 2.29. The molecule has 4 rings (SSSR count). The Morgan fingerprint density at radius 3 is 2.45 bits per heavy atom. The molecule has 31 heavy (non-hydrogen) atoms. The lowest BCUT2D eigenvalue weighted by Crippen LogP contribution is -2.55. The van der Waals surface area contributed by atoms with Crippen molar-refractivity contribution in [3.8, 4) is 5.69 Å². The smallest absolute Gasteiger partial charge is 0.341 e. The van der Waals surface area contributed by atoms with Crippen LogP contribution < -0.4 is 15.6 Å². The van der Waals surface area contributed by atoms with Crippen molar-refractivity contribution < 1.29 is 28.2 Å². The van der Waals surface area contributed by atoms with Crippen molar-refractivity contribution in [1.29, 1.82) is 0 Å².